The van der Waals surface area contributed by atoms with Crippen LogP contribution >= 0.6 is 0 Å². The zero-order valence-electron chi connectivity index (χ0n) is 12.3. The number of sulfonamides is 1. The molecule has 0 atom stereocenters. The minimum Gasteiger partial charge on any atom is -0.256 e. The Bertz CT molecular complexity index is 824. The first-order valence-corrected chi connectivity index (χ1v) is 8.89. The highest BCUT2D eigenvalue weighted by atomic mass is 32.2. The molecule has 0 spiro atoms. The summed E-state index contributed by atoms with van der Waals surface area (Å²) < 4.78 is 50.7. The zero-order chi connectivity index (χ0) is 16.6. The van der Waals surface area contributed by atoms with E-state index in [1.165, 1.54) is 0 Å². The lowest BCUT2D eigenvalue weighted by atomic mass is 9.93. The number of aromatic nitrogens is 1. The predicted octanol–water partition coefficient (Wildman–Crippen LogP) is 3.33. The molecule has 0 bridgehead atoms. The molecule has 1 fully saturated rings. The maximum atomic E-state index is 14.1. The van der Waals surface area contributed by atoms with Gasteiger partial charge in [-0.2, -0.15) is 0 Å². The summed E-state index contributed by atoms with van der Waals surface area (Å²) in [6.07, 6.45) is 5.81. The van der Waals surface area contributed by atoms with Crippen molar-refractivity contribution >= 4 is 10.0 Å². The molecule has 0 unspecified atom stereocenters. The highest BCUT2D eigenvalue weighted by molar-refractivity contribution is 7.89. The molecule has 2 N–H and O–H groups in total. The van der Waals surface area contributed by atoms with E-state index in [0.29, 0.717) is 11.6 Å². The fraction of sp³-hybridized carbons (Fsp3) is 0.312. The second-order valence-electron chi connectivity index (χ2n) is 5.74. The SMILES string of the molecule is NS(=O)(=O)c1c(F)cc(-c2ncccc2C2CCCC2)cc1F. The molecule has 0 radical (unpaired) electrons. The molecular weight excluding hydrogens is 322 g/mol. The van der Waals surface area contributed by atoms with Gasteiger partial charge >= 0.3 is 0 Å². The molecule has 1 heterocycles. The van der Waals surface area contributed by atoms with Crippen LogP contribution in [0.25, 0.3) is 11.3 Å². The molecule has 1 aromatic carbocycles. The number of benzene rings is 1. The van der Waals surface area contributed by atoms with E-state index in [1.54, 1.807) is 12.3 Å². The Balaban J connectivity index is 2.14. The molecule has 4 nitrogen and oxygen atoms in total. The molecule has 1 aliphatic rings. The van der Waals surface area contributed by atoms with Gasteiger partial charge < -0.3 is 0 Å². The lowest BCUT2D eigenvalue weighted by molar-refractivity contribution is 0.520. The highest BCUT2D eigenvalue weighted by Gasteiger charge is 2.25. The fourth-order valence-electron chi connectivity index (χ4n) is 3.19. The number of primary sulfonamides is 1. The lowest BCUT2D eigenvalue weighted by Gasteiger charge is -2.15. The van der Waals surface area contributed by atoms with Crippen molar-refractivity contribution in [2.24, 2.45) is 5.14 Å². The van der Waals surface area contributed by atoms with Gasteiger partial charge in [-0.3, -0.25) is 4.98 Å². The van der Waals surface area contributed by atoms with Crippen molar-refractivity contribution in [3.63, 3.8) is 0 Å². The van der Waals surface area contributed by atoms with Gasteiger partial charge in [-0.25, -0.2) is 22.3 Å². The van der Waals surface area contributed by atoms with Gasteiger partial charge in [-0.05, 0) is 42.5 Å². The quantitative estimate of drug-likeness (QED) is 0.933. The van der Waals surface area contributed by atoms with Crippen molar-refractivity contribution < 1.29 is 17.2 Å². The molecule has 3 rings (SSSR count). The van der Waals surface area contributed by atoms with Crippen LogP contribution in [-0.4, -0.2) is 13.4 Å². The minimum absolute atomic E-state index is 0.218. The van der Waals surface area contributed by atoms with Gasteiger partial charge in [0.2, 0.25) is 10.0 Å². The smallest absolute Gasteiger partial charge is 0.243 e. The first kappa shape index (κ1) is 16.0. The van der Waals surface area contributed by atoms with Crippen LogP contribution in [0.1, 0.15) is 37.2 Å². The average Bonchev–Trinajstić information content (AvgIpc) is 2.99. The molecule has 7 heteroatoms. The largest absolute Gasteiger partial charge is 0.256 e. The summed E-state index contributed by atoms with van der Waals surface area (Å²) in [6.45, 7) is 0. The first-order valence-electron chi connectivity index (χ1n) is 7.35. The Hall–Kier alpha value is -1.86. The van der Waals surface area contributed by atoms with Gasteiger partial charge in [0.1, 0.15) is 11.6 Å². The Morgan fingerprint density at radius 1 is 1.13 bits per heavy atom. The minimum atomic E-state index is -4.46. The van der Waals surface area contributed by atoms with E-state index in [1.807, 2.05) is 6.07 Å². The summed E-state index contributed by atoms with van der Waals surface area (Å²) in [4.78, 5) is 3.14. The predicted molar refractivity (Wildman–Crippen MR) is 82.2 cm³/mol. The van der Waals surface area contributed by atoms with Gasteiger partial charge in [0.15, 0.2) is 4.90 Å². The Morgan fingerprint density at radius 3 is 2.30 bits per heavy atom. The normalized spacial score (nSPS) is 16.0. The van der Waals surface area contributed by atoms with E-state index in [-0.39, 0.29) is 5.56 Å². The van der Waals surface area contributed by atoms with Crippen molar-refractivity contribution in [2.75, 3.05) is 0 Å². The standard InChI is InChI=1S/C16H16F2N2O2S/c17-13-8-11(9-14(18)16(13)23(19,21)22)15-12(6-3-7-20-15)10-4-1-2-5-10/h3,6-10H,1-2,4-5H2,(H2,19,21,22). The van der Waals surface area contributed by atoms with Gasteiger partial charge in [-0.1, -0.05) is 18.9 Å². The van der Waals surface area contributed by atoms with E-state index < -0.39 is 26.6 Å². The number of hydrogen-bond acceptors (Lipinski definition) is 3. The molecule has 0 saturated heterocycles. The Morgan fingerprint density at radius 2 is 1.74 bits per heavy atom. The third-order valence-electron chi connectivity index (χ3n) is 4.19. The molecule has 0 aliphatic heterocycles. The van der Waals surface area contributed by atoms with Crippen molar-refractivity contribution in [1.82, 2.24) is 4.98 Å². The summed E-state index contributed by atoms with van der Waals surface area (Å²) in [7, 11) is -4.46. The highest BCUT2D eigenvalue weighted by Crippen LogP contribution is 2.38. The van der Waals surface area contributed by atoms with Crippen LogP contribution in [0.3, 0.4) is 0 Å². The second kappa shape index (κ2) is 5.98. The van der Waals surface area contributed by atoms with E-state index in [0.717, 1.165) is 43.4 Å². The summed E-state index contributed by atoms with van der Waals surface area (Å²) in [5.41, 5.74) is 1.64. The molecule has 1 saturated carbocycles. The van der Waals surface area contributed by atoms with Gasteiger partial charge in [0, 0.05) is 11.8 Å². The monoisotopic (exact) mass is 338 g/mol. The number of nitrogens with two attached hydrogens (primary N) is 1. The lowest BCUT2D eigenvalue weighted by Crippen LogP contribution is -2.16. The third kappa shape index (κ3) is 3.11. The van der Waals surface area contributed by atoms with E-state index >= 15 is 0 Å². The number of rotatable bonds is 3. The summed E-state index contributed by atoms with van der Waals surface area (Å²) in [5.74, 6) is -2.10. The van der Waals surface area contributed by atoms with E-state index in [9.17, 15) is 17.2 Å². The maximum Gasteiger partial charge on any atom is 0.243 e. The van der Waals surface area contributed by atoms with Gasteiger partial charge in [0.25, 0.3) is 0 Å². The summed E-state index contributed by atoms with van der Waals surface area (Å²) in [5, 5.41) is 4.85. The van der Waals surface area contributed by atoms with Crippen LogP contribution in [0.4, 0.5) is 8.78 Å². The third-order valence-corrected chi connectivity index (χ3v) is 5.15. The van der Waals surface area contributed by atoms with E-state index in [2.05, 4.69) is 4.98 Å². The van der Waals surface area contributed by atoms with Gasteiger partial charge in [0.05, 0.1) is 5.69 Å². The van der Waals surface area contributed by atoms with Crippen LogP contribution in [0.5, 0.6) is 0 Å². The molecular formula is C16H16F2N2O2S. The number of pyridine rings is 1. The summed E-state index contributed by atoms with van der Waals surface area (Å²) in [6, 6.07) is 5.65. The second-order valence-corrected chi connectivity index (χ2v) is 7.23. The number of nitrogens with zero attached hydrogens (tertiary/aromatic N) is 1. The van der Waals surface area contributed by atoms with Crippen LogP contribution in [0.15, 0.2) is 35.4 Å². The maximum absolute atomic E-state index is 14.1. The molecule has 0 amide bonds. The van der Waals surface area contributed by atoms with Crippen LogP contribution in [-0.2, 0) is 10.0 Å². The first-order chi connectivity index (χ1) is 10.9. The fourth-order valence-corrected chi connectivity index (χ4v) is 3.86. The zero-order valence-corrected chi connectivity index (χ0v) is 13.1. The van der Waals surface area contributed by atoms with E-state index in [4.69, 9.17) is 5.14 Å². The topological polar surface area (TPSA) is 73.1 Å². The Kier molecular flexibility index (Phi) is 4.16. The number of hydrogen-bond donors (Lipinski definition) is 1. The van der Waals surface area contributed by atoms with Crippen molar-refractivity contribution in [2.45, 2.75) is 36.5 Å². The Labute approximate surface area is 133 Å². The molecule has 23 heavy (non-hydrogen) atoms. The summed E-state index contributed by atoms with van der Waals surface area (Å²) >= 11 is 0. The molecule has 2 aromatic rings. The van der Waals surface area contributed by atoms with Crippen molar-refractivity contribution in [1.29, 1.82) is 0 Å². The molecule has 1 aromatic heterocycles. The van der Waals surface area contributed by atoms with Crippen molar-refractivity contribution in [3.8, 4) is 11.3 Å². The van der Waals surface area contributed by atoms with Gasteiger partial charge in [-0.15, -0.1) is 0 Å². The number of halogens is 2. The van der Waals surface area contributed by atoms with Crippen molar-refractivity contribution in [3.05, 3.63) is 47.7 Å². The molecule has 122 valence electrons. The average molecular weight is 338 g/mol. The molecule has 1 aliphatic carbocycles. The van der Waals surface area contributed by atoms with Crippen LogP contribution in [0.2, 0.25) is 0 Å². The van der Waals surface area contributed by atoms with Crippen LogP contribution in [0, 0.1) is 11.6 Å². The van der Waals surface area contributed by atoms with Crippen LogP contribution < -0.4 is 5.14 Å².